The first-order chi connectivity index (χ1) is 12.1. The second kappa shape index (κ2) is 7.93. The molecule has 2 aromatic carbocycles. The van der Waals surface area contributed by atoms with Crippen LogP contribution in [0, 0.1) is 0 Å². The number of esters is 1. The molecule has 0 saturated carbocycles. The standard InChI is InChI=1S/C19H18ClNO3S/c1-24-19(23)17-10-13-4-2-3-5-14(13)11-21(17)18(22)12-25-16-8-6-15(20)7-9-16/h2-9,17H,10-12H2,1H3/t17-/m1/s1. The Morgan fingerprint density at radius 2 is 1.84 bits per heavy atom. The Hall–Kier alpha value is -1.98. The summed E-state index contributed by atoms with van der Waals surface area (Å²) in [6.45, 7) is 0.427. The number of amides is 1. The predicted molar refractivity (Wildman–Crippen MR) is 98.7 cm³/mol. The normalized spacial score (nSPS) is 16.2. The Kier molecular flexibility index (Phi) is 5.66. The number of methoxy groups -OCH3 is 1. The van der Waals surface area contributed by atoms with E-state index in [1.165, 1.54) is 18.9 Å². The van der Waals surface area contributed by atoms with Crippen molar-refractivity contribution in [3.8, 4) is 0 Å². The van der Waals surface area contributed by atoms with E-state index in [0.29, 0.717) is 18.0 Å². The minimum Gasteiger partial charge on any atom is -0.467 e. The molecule has 6 heteroatoms. The summed E-state index contributed by atoms with van der Waals surface area (Å²) >= 11 is 7.31. The number of halogens is 1. The van der Waals surface area contributed by atoms with Crippen molar-refractivity contribution < 1.29 is 14.3 Å². The summed E-state index contributed by atoms with van der Waals surface area (Å²) in [5, 5.41) is 0.661. The number of rotatable bonds is 4. The van der Waals surface area contributed by atoms with Gasteiger partial charge in [-0.1, -0.05) is 35.9 Å². The van der Waals surface area contributed by atoms with Crippen LogP contribution in [0.25, 0.3) is 0 Å². The third kappa shape index (κ3) is 4.17. The molecule has 0 saturated heterocycles. The van der Waals surface area contributed by atoms with Crippen LogP contribution < -0.4 is 0 Å². The van der Waals surface area contributed by atoms with Crippen LogP contribution in [0.5, 0.6) is 0 Å². The number of thioether (sulfide) groups is 1. The second-order valence-electron chi connectivity index (χ2n) is 5.78. The number of fused-ring (bicyclic) bond motifs is 1. The van der Waals surface area contributed by atoms with Gasteiger partial charge in [-0.05, 0) is 35.4 Å². The van der Waals surface area contributed by atoms with Gasteiger partial charge in [0.25, 0.3) is 0 Å². The van der Waals surface area contributed by atoms with Crippen molar-refractivity contribution >= 4 is 35.2 Å². The Bertz CT molecular complexity index is 778. The lowest BCUT2D eigenvalue weighted by Crippen LogP contribution is -2.49. The van der Waals surface area contributed by atoms with E-state index in [9.17, 15) is 9.59 Å². The van der Waals surface area contributed by atoms with Gasteiger partial charge in [0.2, 0.25) is 5.91 Å². The third-order valence-corrected chi connectivity index (χ3v) is 5.47. The van der Waals surface area contributed by atoms with Gasteiger partial charge in [-0.3, -0.25) is 4.79 Å². The maximum absolute atomic E-state index is 12.8. The molecule has 0 aliphatic carbocycles. The zero-order chi connectivity index (χ0) is 17.8. The minimum absolute atomic E-state index is 0.0788. The van der Waals surface area contributed by atoms with Crippen molar-refractivity contribution in [1.29, 1.82) is 0 Å². The Morgan fingerprint density at radius 1 is 1.16 bits per heavy atom. The van der Waals surface area contributed by atoms with Crippen LogP contribution in [0.3, 0.4) is 0 Å². The summed E-state index contributed by atoms with van der Waals surface area (Å²) < 4.78 is 4.91. The van der Waals surface area contributed by atoms with E-state index in [2.05, 4.69) is 0 Å². The summed E-state index contributed by atoms with van der Waals surface area (Å²) in [5.74, 6) is -0.193. The van der Waals surface area contributed by atoms with E-state index in [-0.39, 0.29) is 17.6 Å². The van der Waals surface area contributed by atoms with E-state index in [1.807, 2.05) is 36.4 Å². The van der Waals surface area contributed by atoms with Crippen molar-refractivity contribution in [3.05, 3.63) is 64.7 Å². The third-order valence-electron chi connectivity index (χ3n) is 4.22. The smallest absolute Gasteiger partial charge is 0.328 e. The summed E-state index contributed by atoms with van der Waals surface area (Å²) in [5.41, 5.74) is 2.17. The first-order valence-corrected chi connectivity index (χ1v) is 9.27. The average molecular weight is 376 g/mol. The number of benzene rings is 2. The van der Waals surface area contributed by atoms with Gasteiger partial charge in [-0.2, -0.15) is 0 Å². The fourth-order valence-corrected chi connectivity index (χ4v) is 3.80. The molecular weight excluding hydrogens is 358 g/mol. The van der Waals surface area contributed by atoms with E-state index in [0.717, 1.165) is 16.0 Å². The molecule has 1 amide bonds. The van der Waals surface area contributed by atoms with Gasteiger partial charge in [-0.15, -0.1) is 11.8 Å². The fraction of sp³-hybridized carbons (Fsp3) is 0.263. The molecule has 2 aromatic rings. The number of ether oxygens (including phenoxy) is 1. The van der Waals surface area contributed by atoms with Gasteiger partial charge in [0.1, 0.15) is 6.04 Å². The molecule has 0 bridgehead atoms. The summed E-state index contributed by atoms with van der Waals surface area (Å²) in [6.07, 6.45) is 0.486. The molecule has 1 aliphatic heterocycles. The zero-order valence-corrected chi connectivity index (χ0v) is 15.3. The van der Waals surface area contributed by atoms with Gasteiger partial charge in [0.05, 0.1) is 12.9 Å². The molecule has 130 valence electrons. The number of carbonyl (C=O) groups excluding carboxylic acids is 2. The summed E-state index contributed by atoms with van der Waals surface area (Å²) in [4.78, 5) is 27.5. The Balaban J connectivity index is 1.74. The largest absolute Gasteiger partial charge is 0.467 e. The van der Waals surface area contributed by atoms with Crippen molar-refractivity contribution in [2.24, 2.45) is 0 Å². The van der Waals surface area contributed by atoms with E-state index in [4.69, 9.17) is 16.3 Å². The van der Waals surface area contributed by atoms with E-state index >= 15 is 0 Å². The minimum atomic E-state index is -0.571. The van der Waals surface area contributed by atoms with Crippen LogP contribution in [0.1, 0.15) is 11.1 Å². The molecule has 0 N–H and O–H groups in total. The van der Waals surface area contributed by atoms with Crippen LogP contribution in [0.2, 0.25) is 5.02 Å². The van der Waals surface area contributed by atoms with Gasteiger partial charge < -0.3 is 9.64 Å². The first-order valence-electron chi connectivity index (χ1n) is 7.91. The molecule has 4 nitrogen and oxygen atoms in total. The highest BCUT2D eigenvalue weighted by Gasteiger charge is 2.35. The monoisotopic (exact) mass is 375 g/mol. The van der Waals surface area contributed by atoms with Gasteiger partial charge in [0.15, 0.2) is 0 Å². The lowest BCUT2D eigenvalue weighted by molar-refractivity contribution is -0.153. The van der Waals surface area contributed by atoms with Crippen molar-refractivity contribution in [3.63, 3.8) is 0 Å². The van der Waals surface area contributed by atoms with Crippen LogP contribution in [-0.2, 0) is 27.3 Å². The fourth-order valence-electron chi connectivity index (χ4n) is 2.89. The molecule has 0 radical (unpaired) electrons. The van der Waals surface area contributed by atoms with E-state index < -0.39 is 6.04 Å². The Labute approximate surface area is 156 Å². The lowest BCUT2D eigenvalue weighted by atomic mass is 9.94. The highest BCUT2D eigenvalue weighted by molar-refractivity contribution is 8.00. The van der Waals surface area contributed by atoms with Crippen LogP contribution in [0.4, 0.5) is 0 Å². The van der Waals surface area contributed by atoms with Crippen LogP contribution in [0.15, 0.2) is 53.4 Å². The maximum Gasteiger partial charge on any atom is 0.328 e. The number of hydrogen-bond acceptors (Lipinski definition) is 4. The molecular formula is C19H18ClNO3S. The molecule has 1 atom stereocenters. The highest BCUT2D eigenvalue weighted by atomic mass is 35.5. The maximum atomic E-state index is 12.8. The summed E-state index contributed by atoms with van der Waals surface area (Å²) in [7, 11) is 1.36. The SMILES string of the molecule is COC(=O)[C@H]1Cc2ccccc2CN1C(=O)CSc1ccc(Cl)cc1. The lowest BCUT2D eigenvalue weighted by Gasteiger charge is -2.35. The van der Waals surface area contributed by atoms with Crippen molar-refractivity contribution in [2.75, 3.05) is 12.9 Å². The molecule has 1 aliphatic rings. The Morgan fingerprint density at radius 3 is 2.52 bits per heavy atom. The molecule has 0 fully saturated rings. The molecule has 0 aromatic heterocycles. The number of hydrogen-bond donors (Lipinski definition) is 0. The molecule has 0 unspecified atom stereocenters. The highest BCUT2D eigenvalue weighted by Crippen LogP contribution is 2.26. The van der Waals surface area contributed by atoms with Gasteiger partial charge in [0, 0.05) is 22.9 Å². The molecule has 1 heterocycles. The predicted octanol–water partition coefficient (Wildman–Crippen LogP) is 3.56. The molecule has 3 rings (SSSR count). The zero-order valence-electron chi connectivity index (χ0n) is 13.8. The van der Waals surface area contributed by atoms with Gasteiger partial charge in [-0.25, -0.2) is 4.79 Å². The van der Waals surface area contributed by atoms with E-state index in [1.54, 1.807) is 17.0 Å². The first kappa shape index (κ1) is 17.8. The quantitative estimate of drug-likeness (QED) is 0.605. The van der Waals surface area contributed by atoms with Gasteiger partial charge >= 0.3 is 5.97 Å². The average Bonchev–Trinajstić information content (AvgIpc) is 2.65. The molecule has 0 spiro atoms. The number of nitrogens with zero attached hydrogens (tertiary/aromatic N) is 1. The van der Waals surface area contributed by atoms with Crippen LogP contribution in [-0.4, -0.2) is 35.7 Å². The topological polar surface area (TPSA) is 46.6 Å². The summed E-state index contributed by atoms with van der Waals surface area (Å²) in [6, 6.07) is 14.7. The molecule has 25 heavy (non-hydrogen) atoms. The van der Waals surface area contributed by atoms with Crippen molar-refractivity contribution in [2.45, 2.75) is 23.9 Å². The van der Waals surface area contributed by atoms with Crippen LogP contribution >= 0.6 is 23.4 Å². The number of carbonyl (C=O) groups is 2. The van der Waals surface area contributed by atoms with Crippen molar-refractivity contribution in [1.82, 2.24) is 4.90 Å². The second-order valence-corrected chi connectivity index (χ2v) is 7.26.